The molecule has 0 spiro atoms. The van der Waals surface area contributed by atoms with Crippen molar-refractivity contribution < 1.29 is 45.5 Å². The number of amides is 3. The molecule has 7 nitrogen and oxygen atoms in total. The Morgan fingerprint density at radius 1 is 0.932 bits per heavy atom. The molecule has 0 saturated heterocycles. The Kier molecular flexibility index (Phi) is 9.55. The van der Waals surface area contributed by atoms with Gasteiger partial charge in [0.2, 0.25) is 11.8 Å². The lowest BCUT2D eigenvalue weighted by Gasteiger charge is -2.30. The first-order valence-corrected chi connectivity index (χ1v) is 13.7. The predicted octanol–water partition coefficient (Wildman–Crippen LogP) is 5.82. The first kappa shape index (κ1) is 32.4. The number of fused-ring (bicyclic) bond motifs is 1. The molecule has 234 valence electrons. The molecule has 2 atom stereocenters. The molecule has 3 aromatic rings. The number of rotatable bonds is 8. The molecule has 0 bridgehead atoms. The SMILES string of the molecule is CC(C)N1C(=O)C(NC(=O)C(Cc2ccccc2OC(F)(F)F)NC(=O)c2ccccc2C(F)(F)F)CCc2ccccc21. The number of nitrogens with zero attached hydrogens (tertiary/aromatic N) is 1. The summed E-state index contributed by atoms with van der Waals surface area (Å²) >= 11 is 0. The Morgan fingerprint density at radius 2 is 1.57 bits per heavy atom. The second-order valence-electron chi connectivity index (χ2n) is 10.5. The van der Waals surface area contributed by atoms with Gasteiger partial charge >= 0.3 is 12.5 Å². The molecule has 1 heterocycles. The number of ether oxygens (including phenoxy) is 1. The van der Waals surface area contributed by atoms with Crippen LogP contribution in [0.4, 0.5) is 32.0 Å². The molecular formula is C31H29F6N3O4. The zero-order chi connectivity index (χ0) is 32.2. The number of hydrogen-bond acceptors (Lipinski definition) is 4. The van der Waals surface area contributed by atoms with Crippen LogP contribution < -0.4 is 20.3 Å². The minimum atomic E-state index is -5.08. The van der Waals surface area contributed by atoms with Gasteiger partial charge in [-0.25, -0.2) is 0 Å². The average Bonchev–Trinajstić information content (AvgIpc) is 3.08. The maximum atomic E-state index is 13.7. The molecule has 1 aliphatic rings. The minimum Gasteiger partial charge on any atom is -0.406 e. The van der Waals surface area contributed by atoms with Gasteiger partial charge < -0.3 is 20.3 Å². The largest absolute Gasteiger partial charge is 0.573 e. The van der Waals surface area contributed by atoms with Crippen molar-refractivity contribution in [2.75, 3.05) is 4.90 Å². The lowest BCUT2D eigenvalue weighted by atomic mass is 10.0. The van der Waals surface area contributed by atoms with Gasteiger partial charge in [-0.3, -0.25) is 14.4 Å². The smallest absolute Gasteiger partial charge is 0.406 e. The molecule has 0 aromatic heterocycles. The molecule has 3 amide bonds. The third-order valence-corrected chi connectivity index (χ3v) is 7.04. The van der Waals surface area contributed by atoms with Crippen molar-refractivity contribution in [3.8, 4) is 5.75 Å². The summed E-state index contributed by atoms with van der Waals surface area (Å²) < 4.78 is 84.3. The van der Waals surface area contributed by atoms with Crippen LogP contribution in [0.2, 0.25) is 0 Å². The summed E-state index contributed by atoms with van der Waals surface area (Å²) in [7, 11) is 0. The summed E-state index contributed by atoms with van der Waals surface area (Å²) in [5, 5.41) is 4.83. The maximum Gasteiger partial charge on any atom is 0.573 e. The minimum absolute atomic E-state index is 0.155. The molecule has 44 heavy (non-hydrogen) atoms. The second-order valence-corrected chi connectivity index (χ2v) is 10.5. The van der Waals surface area contributed by atoms with E-state index in [2.05, 4.69) is 15.4 Å². The lowest BCUT2D eigenvalue weighted by molar-refractivity contribution is -0.274. The Morgan fingerprint density at radius 3 is 2.25 bits per heavy atom. The fraction of sp³-hybridized carbons (Fsp3) is 0.323. The first-order valence-electron chi connectivity index (χ1n) is 13.7. The van der Waals surface area contributed by atoms with Crippen LogP contribution in [0, 0.1) is 0 Å². The van der Waals surface area contributed by atoms with Gasteiger partial charge in [0.15, 0.2) is 0 Å². The highest BCUT2D eigenvalue weighted by Gasteiger charge is 2.38. The van der Waals surface area contributed by atoms with Crippen molar-refractivity contribution in [1.82, 2.24) is 10.6 Å². The third-order valence-electron chi connectivity index (χ3n) is 7.04. The molecule has 13 heteroatoms. The number of aryl methyl sites for hydroxylation is 1. The fourth-order valence-electron chi connectivity index (χ4n) is 5.10. The molecular weight excluding hydrogens is 592 g/mol. The summed E-state index contributed by atoms with van der Waals surface area (Å²) in [6, 6.07) is 12.9. The van der Waals surface area contributed by atoms with Gasteiger partial charge in [-0.2, -0.15) is 13.2 Å². The van der Waals surface area contributed by atoms with E-state index < -0.39 is 65.6 Å². The lowest BCUT2D eigenvalue weighted by Crippen LogP contribution is -2.55. The normalized spacial score (nSPS) is 16.2. The van der Waals surface area contributed by atoms with Crippen LogP contribution >= 0.6 is 0 Å². The number of carbonyl (C=O) groups is 3. The van der Waals surface area contributed by atoms with Crippen molar-refractivity contribution in [3.05, 3.63) is 95.1 Å². The molecule has 4 rings (SSSR count). The topological polar surface area (TPSA) is 87.7 Å². The van der Waals surface area contributed by atoms with Crippen LogP contribution in [0.5, 0.6) is 5.75 Å². The number of nitrogens with one attached hydrogen (secondary N) is 2. The standard InChI is InChI=1S/C31H29F6N3O4/c1-18(2)40-25-13-7-3-9-19(25)15-16-23(29(40)43)38-28(42)24(17-20-10-4-8-14-26(20)44-31(35,36)37)39-27(41)21-11-5-6-12-22(21)30(32,33)34/h3-14,18,23-24H,15-17H2,1-2H3,(H,38,42)(H,39,41). The number of anilines is 1. The number of para-hydroxylation sites is 2. The summed E-state index contributed by atoms with van der Waals surface area (Å²) in [6.45, 7) is 3.58. The number of benzene rings is 3. The Bertz CT molecular complexity index is 1520. The summed E-state index contributed by atoms with van der Waals surface area (Å²) in [4.78, 5) is 42.0. The Hall–Kier alpha value is -4.55. The van der Waals surface area contributed by atoms with Crippen LogP contribution in [0.25, 0.3) is 0 Å². The van der Waals surface area contributed by atoms with Crippen molar-refractivity contribution in [1.29, 1.82) is 0 Å². The highest BCUT2D eigenvalue weighted by Crippen LogP contribution is 2.33. The monoisotopic (exact) mass is 621 g/mol. The molecule has 0 aliphatic carbocycles. The van der Waals surface area contributed by atoms with E-state index in [1.165, 1.54) is 29.2 Å². The molecule has 0 fully saturated rings. The van der Waals surface area contributed by atoms with Crippen LogP contribution in [0.1, 0.15) is 47.3 Å². The van der Waals surface area contributed by atoms with E-state index in [1.54, 1.807) is 26.0 Å². The van der Waals surface area contributed by atoms with Crippen LogP contribution in [0.15, 0.2) is 72.8 Å². The van der Waals surface area contributed by atoms with E-state index >= 15 is 0 Å². The van der Waals surface area contributed by atoms with E-state index in [4.69, 9.17) is 0 Å². The van der Waals surface area contributed by atoms with Gasteiger partial charge in [-0.1, -0.05) is 48.5 Å². The first-order chi connectivity index (χ1) is 20.7. The van der Waals surface area contributed by atoms with Gasteiger partial charge in [-0.15, -0.1) is 13.2 Å². The quantitative estimate of drug-likeness (QED) is 0.311. The van der Waals surface area contributed by atoms with Crippen molar-refractivity contribution in [2.45, 2.75) is 63.8 Å². The highest BCUT2D eigenvalue weighted by molar-refractivity contribution is 6.03. The van der Waals surface area contributed by atoms with E-state index in [-0.39, 0.29) is 18.0 Å². The van der Waals surface area contributed by atoms with E-state index in [0.29, 0.717) is 18.2 Å². The van der Waals surface area contributed by atoms with E-state index in [9.17, 15) is 40.7 Å². The third kappa shape index (κ3) is 7.69. The van der Waals surface area contributed by atoms with Gasteiger partial charge in [0.1, 0.15) is 17.8 Å². The molecule has 2 unspecified atom stereocenters. The average molecular weight is 622 g/mol. The molecule has 0 radical (unpaired) electrons. The van der Waals surface area contributed by atoms with Gasteiger partial charge in [0.05, 0.1) is 11.1 Å². The Balaban J connectivity index is 1.67. The van der Waals surface area contributed by atoms with Gasteiger partial charge in [0, 0.05) is 18.2 Å². The number of hydrogen-bond donors (Lipinski definition) is 2. The van der Waals surface area contributed by atoms with Crippen LogP contribution in [-0.4, -0.2) is 42.2 Å². The zero-order valence-corrected chi connectivity index (χ0v) is 23.6. The van der Waals surface area contributed by atoms with E-state index in [1.807, 2.05) is 12.1 Å². The van der Waals surface area contributed by atoms with Gasteiger partial charge in [-0.05, 0) is 62.1 Å². The fourth-order valence-corrected chi connectivity index (χ4v) is 5.10. The molecule has 1 aliphatic heterocycles. The van der Waals surface area contributed by atoms with Crippen LogP contribution in [-0.2, 0) is 28.6 Å². The zero-order valence-electron chi connectivity index (χ0n) is 23.6. The molecule has 3 aromatic carbocycles. The van der Waals surface area contributed by atoms with E-state index in [0.717, 1.165) is 23.8 Å². The van der Waals surface area contributed by atoms with Crippen molar-refractivity contribution in [3.63, 3.8) is 0 Å². The summed E-state index contributed by atoms with van der Waals surface area (Å²) in [5.74, 6) is -3.37. The summed E-state index contributed by atoms with van der Waals surface area (Å²) in [5.41, 5.74) is -0.682. The number of carbonyl (C=O) groups excluding carboxylic acids is 3. The van der Waals surface area contributed by atoms with Crippen molar-refractivity contribution in [2.24, 2.45) is 0 Å². The summed E-state index contributed by atoms with van der Waals surface area (Å²) in [6.07, 6.45) is -10.0. The molecule has 0 saturated carbocycles. The van der Waals surface area contributed by atoms with Crippen molar-refractivity contribution >= 4 is 23.4 Å². The predicted molar refractivity (Wildman–Crippen MR) is 149 cm³/mol. The second kappa shape index (κ2) is 13.0. The Labute approximate surface area is 249 Å². The number of alkyl halides is 6. The maximum absolute atomic E-state index is 13.7. The highest BCUT2D eigenvalue weighted by atomic mass is 19.4. The van der Waals surface area contributed by atoms with Gasteiger partial charge in [0.25, 0.3) is 5.91 Å². The number of halogens is 6. The van der Waals surface area contributed by atoms with Crippen LogP contribution in [0.3, 0.4) is 0 Å². The molecule has 2 N–H and O–H groups in total.